The summed E-state index contributed by atoms with van der Waals surface area (Å²) in [6.07, 6.45) is 1.49. The Hall–Kier alpha value is -9.89. The van der Waals surface area contributed by atoms with Crippen LogP contribution in [0.4, 0.5) is 52.5 Å². The second kappa shape index (κ2) is 33.1. The number of rotatable bonds is 27. The van der Waals surface area contributed by atoms with E-state index >= 15 is 8.78 Å². The predicted molar refractivity (Wildman–Crippen MR) is 335 cm³/mol. The van der Waals surface area contributed by atoms with E-state index in [1.807, 2.05) is 81.4 Å². The number of aryl methyl sites for hydroxylation is 2. The van der Waals surface area contributed by atoms with E-state index in [9.17, 15) is 43.2 Å². The van der Waals surface area contributed by atoms with Crippen molar-refractivity contribution in [1.29, 1.82) is 0 Å². The Morgan fingerprint density at radius 3 is 1.38 bits per heavy atom. The summed E-state index contributed by atoms with van der Waals surface area (Å²) in [5.41, 5.74) is 22.4. The number of carbonyl (C=O) groups is 9. The van der Waals surface area contributed by atoms with Crippen molar-refractivity contribution in [3.05, 3.63) is 144 Å². The highest BCUT2D eigenvalue weighted by molar-refractivity contribution is 6.34. The third-order valence-corrected chi connectivity index (χ3v) is 15.4. The number of Topliss-reactive ketones (excluding diaryl/α,β-unsaturated/α-hetero) is 1. The third-order valence-electron chi connectivity index (χ3n) is 15.4. The Kier molecular flexibility index (Phi) is 24.4. The van der Waals surface area contributed by atoms with Crippen LogP contribution in [0.2, 0.25) is 0 Å². The van der Waals surface area contributed by atoms with E-state index in [2.05, 4.69) is 32.3 Å². The number of hydrogen-bond acceptors (Lipinski definition) is 18. The van der Waals surface area contributed by atoms with E-state index in [-0.39, 0.29) is 69.5 Å². The van der Waals surface area contributed by atoms with Crippen LogP contribution in [-0.2, 0) is 67.2 Å². The summed E-state index contributed by atoms with van der Waals surface area (Å²) in [7, 11) is 0. The Labute approximate surface area is 525 Å². The van der Waals surface area contributed by atoms with E-state index in [4.69, 9.17) is 19.9 Å². The van der Waals surface area contributed by atoms with Gasteiger partial charge in [0.1, 0.15) is 30.4 Å². The van der Waals surface area contributed by atoms with Crippen LogP contribution in [0.25, 0.3) is 0 Å². The molecule has 2 atom stereocenters. The number of nitrogens with one attached hydrogen (secondary N) is 6. The fourth-order valence-corrected chi connectivity index (χ4v) is 10.5. The number of piperazine rings is 2. The molecule has 27 heteroatoms. The zero-order chi connectivity index (χ0) is 64.8. The van der Waals surface area contributed by atoms with E-state index in [0.717, 1.165) is 28.8 Å². The number of cyclic esters (lactones) is 2. The Morgan fingerprint density at radius 2 is 0.978 bits per heavy atom. The van der Waals surface area contributed by atoms with Crippen LogP contribution in [0.3, 0.4) is 0 Å². The second-order valence-electron chi connectivity index (χ2n) is 22.1. The number of carbonyl (C=O) groups excluding carboxylic acids is 9. The molecule has 7 amide bonds. The summed E-state index contributed by atoms with van der Waals surface area (Å²) >= 11 is 0. The van der Waals surface area contributed by atoms with Gasteiger partial charge in [-0.2, -0.15) is 0 Å². The smallest absolute Gasteiger partial charge is 0.414 e. The van der Waals surface area contributed by atoms with Crippen LogP contribution in [-0.4, -0.2) is 167 Å². The molecule has 25 nitrogen and oxygen atoms in total. The summed E-state index contributed by atoms with van der Waals surface area (Å²) in [4.78, 5) is 117. The number of hydrogen-bond donors (Lipinski definition) is 7. The molecular weight excluding hydrogens is 1180 g/mol. The number of halogens is 2. The first-order valence-corrected chi connectivity index (χ1v) is 30.1. The van der Waals surface area contributed by atoms with Crippen LogP contribution in [0, 0.1) is 11.6 Å². The SMILES string of the molecule is CC(=O)NC[C@H]1CN(c2ccc(N3CCN(C(=O)CCCc4ccc(NNCC(=O)C(=O)OCc5ccccc5)cc4)CC3)c(F)c2)C(=O)O1.CC(=O)NC[C@H]1CN(c2ccc(N3CCN(C(=O)CCCc4ccc(NNCC(N)=O)cc4)CC3)c(F)c2)C(=O)O1. The van der Waals surface area contributed by atoms with E-state index in [1.165, 1.54) is 35.8 Å². The van der Waals surface area contributed by atoms with Crippen molar-refractivity contribution in [2.75, 3.05) is 122 Å². The fourth-order valence-electron chi connectivity index (χ4n) is 10.5. The number of anilines is 6. The number of ketones is 1. The number of ether oxygens (including phenoxy) is 3. The number of nitrogens with two attached hydrogens (primary N) is 1. The Bertz CT molecular complexity index is 3350. The number of benzene rings is 5. The Balaban J connectivity index is 0.000000239. The minimum Gasteiger partial charge on any atom is -0.455 e. The van der Waals surface area contributed by atoms with Gasteiger partial charge < -0.3 is 61.0 Å². The lowest BCUT2D eigenvalue weighted by Gasteiger charge is -2.36. The quantitative estimate of drug-likeness (QED) is 0.0164. The number of esters is 1. The summed E-state index contributed by atoms with van der Waals surface area (Å²) < 4.78 is 45.8. The predicted octanol–water partition coefficient (Wildman–Crippen LogP) is 4.55. The Morgan fingerprint density at radius 1 is 0.549 bits per heavy atom. The number of hydrazine groups is 2. The first-order chi connectivity index (χ1) is 43.8. The second-order valence-corrected chi connectivity index (χ2v) is 22.1. The molecule has 4 aliphatic rings. The topological polar surface area (TPSA) is 299 Å². The molecule has 5 aromatic carbocycles. The van der Waals surface area contributed by atoms with Gasteiger partial charge in [-0.3, -0.25) is 38.6 Å². The van der Waals surface area contributed by atoms with Crippen molar-refractivity contribution in [3.8, 4) is 0 Å². The molecule has 0 saturated carbocycles. The van der Waals surface area contributed by atoms with E-state index in [1.54, 1.807) is 41.3 Å². The van der Waals surface area contributed by atoms with Gasteiger partial charge in [0.05, 0.1) is 62.0 Å². The average molecular weight is 1260 g/mol. The summed E-state index contributed by atoms with van der Waals surface area (Å²) in [6, 6.07) is 33.6. The zero-order valence-electron chi connectivity index (χ0n) is 50.9. The van der Waals surface area contributed by atoms with Gasteiger partial charge in [-0.1, -0.05) is 54.6 Å². The van der Waals surface area contributed by atoms with Gasteiger partial charge >= 0.3 is 18.2 Å². The molecule has 91 heavy (non-hydrogen) atoms. The molecule has 0 aliphatic carbocycles. The van der Waals surface area contributed by atoms with Crippen molar-refractivity contribution < 1.29 is 66.1 Å². The van der Waals surface area contributed by atoms with Gasteiger partial charge in [0, 0.05) is 90.4 Å². The zero-order valence-corrected chi connectivity index (χ0v) is 50.9. The molecule has 5 aromatic rings. The maximum Gasteiger partial charge on any atom is 0.414 e. The van der Waals surface area contributed by atoms with Gasteiger partial charge in [-0.15, -0.1) is 0 Å². The number of nitrogens with zero attached hydrogens (tertiary/aromatic N) is 6. The van der Waals surface area contributed by atoms with Crippen molar-refractivity contribution in [2.45, 2.75) is 71.2 Å². The first kappa shape index (κ1) is 67.0. The lowest BCUT2D eigenvalue weighted by Crippen LogP contribution is -2.49. The molecule has 0 bridgehead atoms. The van der Waals surface area contributed by atoms with Crippen LogP contribution < -0.4 is 57.7 Å². The van der Waals surface area contributed by atoms with Crippen LogP contribution in [0.1, 0.15) is 56.2 Å². The molecule has 4 saturated heterocycles. The van der Waals surface area contributed by atoms with Gasteiger partial charge in [-0.25, -0.2) is 34.0 Å². The molecule has 0 spiro atoms. The van der Waals surface area contributed by atoms with Crippen molar-refractivity contribution in [1.82, 2.24) is 31.3 Å². The van der Waals surface area contributed by atoms with Crippen LogP contribution in [0.15, 0.2) is 115 Å². The maximum atomic E-state index is 15.2. The maximum absolute atomic E-state index is 15.2. The summed E-state index contributed by atoms with van der Waals surface area (Å²) in [5, 5.41) is 5.23. The number of primary amides is 1. The third kappa shape index (κ3) is 20.3. The molecule has 0 unspecified atom stereocenters. The van der Waals surface area contributed by atoms with Crippen molar-refractivity contribution in [2.24, 2.45) is 5.73 Å². The molecule has 4 fully saturated rings. The summed E-state index contributed by atoms with van der Waals surface area (Å²) in [5.74, 6) is -3.28. The fraction of sp³-hybridized carbons (Fsp3) is 0.391. The lowest BCUT2D eigenvalue weighted by molar-refractivity contribution is -0.154. The minimum absolute atomic E-state index is 0.0272. The molecular formula is C64H77F2N13O12. The molecule has 8 N–H and O–H groups in total. The normalized spacial score (nSPS) is 16.3. The summed E-state index contributed by atoms with van der Waals surface area (Å²) in [6.45, 7) is 7.34. The van der Waals surface area contributed by atoms with Gasteiger partial charge in [-0.05, 0) is 103 Å². The van der Waals surface area contributed by atoms with Crippen molar-refractivity contribution >= 4 is 87.6 Å². The van der Waals surface area contributed by atoms with Crippen LogP contribution >= 0.6 is 0 Å². The highest BCUT2D eigenvalue weighted by Gasteiger charge is 2.35. The highest BCUT2D eigenvalue weighted by atomic mass is 19.1. The average Bonchev–Trinajstić information content (AvgIpc) is 1.86. The lowest BCUT2D eigenvalue weighted by atomic mass is 10.1. The molecule has 4 heterocycles. The van der Waals surface area contributed by atoms with E-state index < -0.39 is 53.7 Å². The molecule has 0 radical (unpaired) electrons. The largest absolute Gasteiger partial charge is 0.455 e. The monoisotopic (exact) mass is 1260 g/mol. The molecule has 0 aromatic heterocycles. The molecule has 4 aliphatic heterocycles. The molecule has 484 valence electrons. The molecule has 9 rings (SSSR count). The van der Waals surface area contributed by atoms with Crippen LogP contribution in [0.5, 0.6) is 0 Å². The number of amides is 7. The van der Waals surface area contributed by atoms with Gasteiger partial charge in [0.2, 0.25) is 29.5 Å². The van der Waals surface area contributed by atoms with Gasteiger partial charge in [0.15, 0.2) is 0 Å². The standard InChI is InChI=1S/C36H41FN6O7.C28H36FN7O5/c1-25(44)38-21-30-23-43(36(48)50-30)29-14-15-32(31(37)20-29)41-16-18-42(19-17-41)34(46)9-5-8-26-10-12-28(13-11-26)40-39-22-33(45)35(47)49-24-27-6-3-2-4-7-27;1-19(37)31-16-23-18-36(28(40)41-23)22-9-10-25(24(29)15-22)34-11-13-35(14-12-34)27(39)4-2-3-20-5-7-21(8-6-20)33-32-17-26(30)38/h2-4,6-7,10-15,20,30,39-40H,5,8-9,16-19,21-24H2,1H3,(H,38,44);5-10,15,23,32-33H,2-4,11-14,16-18H2,1H3,(H2,30,38)(H,31,37)/t30-;23-/m00/s1. The first-order valence-electron chi connectivity index (χ1n) is 30.1. The van der Waals surface area contributed by atoms with Crippen molar-refractivity contribution in [3.63, 3.8) is 0 Å². The minimum atomic E-state index is -0.904. The highest BCUT2D eigenvalue weighted by Crippen LogP contribution is 2.31. The van der Waals surface area contributed by atoms with Gasteiger partial charge in [0.25, 0.3) is 5.78 Å². The van der Waals surface area contributed by atoms with E-state index in [0.29, 0.717) is 113 Å².